The summed E-state index contributed by atoms with van der Waals surface area (Å²) in [6.07, 6.45) is 0.176. The molecule has 0 spiro atoms. The van der Waals surface area contributed by atoms with Gasteiger partial charge in [0.25, 0.3) is 5.56 Å². The number of rotatable bonds is 4. The first kappa shape index (κ1) is 17.5. The van der Waals surface area contributed by atoms with E-state index in [-0.39, 0.29) is 11.7 Å². The average molecular weight is 380 g/mol. The molecule has 0 fully saturated rings. The third kappa shape index (κ3) is 3.28. The van der Waals surface area contributed by atoms with Crippen molar-refractivity contribution in [3.05, 3.63) is 69.3 Å². The molecule has 1 aliphatic heterocycles. The Morgan fingerprint density at radius 2 is 2.07 bits per heavy atom. The predicted octanol–water partition coefficient (Wildman–Crippen LogP) is 3.83. The molecule has 1 atom stereocenters. The van der Waals surface area contributed by atoms with E-state index in [1.807, 2.05) is 47.9 Å². The highest BCUT2D eigenvalue weighted by Crippen LogP contribution is 2.37. The zero-order valence-electron chi connectivity index (χ0n) is 15.0. The lowest BCUT2D eigenvalue weighted by atomic mass is 9.95. The minimum atomic E-state index is -0.787. The number of thiophene rings is 1. The average Bonchev–Trinajstić information content (AvgIpc) is 3.12. The first-order chi connectivity index (χ1) is 13.0. The Kier molecular flexibility index (Phi) is 4.58. The van der Waals surface area contributed by atoms with Crippen LogP contribution in [0.5, 0.6) is 0 Å². The fraction of sp³-hybridized carbons (Fsp3) is 0.238. The molecule has 1 unspecified atom stereocenters. The van der Waals surface area contributed by atoms with Gasteiger partial charge in [-0.2, -0.15) is 0 Å². The summed E-state index contributed by atoms with van der Waals surface area (Å²) >= 11 is 1.64. The fourth-order valence-corrected chi connectivity index (χ4v) is 4.75. The first-order valence-electron chi connectivity index (χ1n) is 8.89. The van der Waals surface area contributed by atoms with E-state index in [0.717, 1.165) is 28.1 Å². The van der Waals surface area contributed by atoms with Crippen LogP contribution in [0.3, 0.4) is 0 Å². The maximum Gasteiger partial charge on any atom is 0.404 e. The molecule has 3 aromatic rings. The highest BCUT2D eigenvalue weighted by Gasteiger charge is 2.25. The Labute approximate surface area is 161 Å². The van der Waals surface area contributed by atoms with E-state index in [4.69, 9.17) is 10.5 Å². The Hall–Kier alpha value is -2.86. The Balaban J connectivity index is 1.90. The molecule has 0 radical (unpaired) electrons. The molecule has 138 valence electrons. The summed E-state index contributed by atoms with van der Waals surface area (Å²) < 4.78 is 7.01. The van der Waals surface area contributed by atoms with Crippen LogP contribution in [0.1, 0.15) is 18.1 Å². The number of carbonyl (C=O) groups is 1. The van der Waals surface area contributed by atoms with Gasteiger partial charge in [0, 0.05) is 18.5 Å². The van der Waals surface area contributed by atoms with Crippen LogP contribution in [-0.4, -0.2) is 16.8 Å². The lowest BCUT2D eigenvalue weighted by Crippen LogP contribution is -2.29. The largest absolute Gasteiger partial charge is 0.446 e. The standard InChI is InChI=1S/C21H20N2O3S/c1-13(26-21(22)25)11-16-12-17(14-5-3-2-4-6-14)20(24)23-9-7-15-8-10-27-19(15)18(16)23/h2-6,8,10,12-13H,7,9,11H2,1H3,(H2,22,25). The van der Waals surface area contributed by atoms with Gasteiger partial charge in [-0.1, -0.05) is 30.3 Å². The number of nitrogens with zero attached hydrogens (tertiary/aromatic N) is 1. The summed E-state index contributed by atoms with van der Waals surface area (Å²) in [5, 5.41) is 2.06. The molecular formula is C21H20N2O3S. The topological polar surface area (TPSA) is 74.3 Å². The van der Waals surface area contributed by atoms with E-state index >= 15 is 0 Å². The molecule has 0 saturated heterocycles. The van der Waals surface area contributed by atoms with Crippen LogP contribution < -0.4 is 11.3 Å². The number of carbonyl (C=O) groups excluding carboxylic acids is 1. The molecule has 1 aliphatic rings. The van der Waals surface area contributed by atoms with Gasteiger partial charge in [-0.15, -0.1) is 11.3 Å². The third-order valence-electron chi connectivity index (χ3n) is 4.84. The lowest BCUT2D eigenvalue weighted by Gasteiger charge is -2.24. The fourth-order valence-electron chi connectivity index (χ4n) is 3.71. The highest BCUT2D eigenvalue weighted by molar-refractivity contribution is 7.13. The summed E-state index contributed by atoms with van der Waals surface area (Å²) in [5.74, 6) is 0. The number of hydrogen-bond donors (Lipinski definition) is 1. The molecule has 1 amide bonds. The molecule has 1 aromatic carbocycles. The third-order valence-corrected chi connectivity index (χ3v) is 5.81. The summed E-state index contributed by atoms with van der Waals surface area (Å²) in [4.78, 5) is 25.5. The van der Waals surface area contributed by atoms with Crippen molar-refractivity contribution in [3.63, 3.8) is 0 Å². The van der Waals surface area contributed by atoms with Crippen LogP contribution in [0.25, 0.3) is 21.7 Å². The van der Waals surface area contributed by atoms with Crippen molar-refractivity contribution in [2.24, 2.45) is 5.73 Å². The molecule has 0 bridgehead atoms. The second kappa shape index (κ2) is 7.04. The van der Waals surface area contributed by atoms with Crippen LogP contribution in [0, 0.1) is 0 Å². The number of primary amides is 1. The van der Waals surface area contributed by atoms with E-state index in [0.29, 0.717) is 18.5 Å². The van der Waals surface area contributed by atoms with Crippen molar-refractivity contribution < 1.29 is 9.53 Å². The maximum absolute atomic E-state index is 13.2. The molecule has 2 N–H and O–H groups in total. The second-order valence-corrected chi connectivity index (χ2v) is 7.65. The van der Waals surface area contributed by atoms with E-state index in [1.54, 1.807) is 11.3 Å². The smallest absolute Gasteiger partial charge is 0.404 e. The van der Waals surface area contributed by atoms with Gasteiger partial charge < -0.3 is 15.0 Å². The minimum Gasteiger partial charge on any atom is -0.446 e. The molecule has 5 nitrogen and oxygen atoms in total. The normalized spacial score (nSPS) is 13.5. The van der Waals surface area contributed by atoms with E-state index in [9.17, 15) is 9.59 Å². The number of pyridine rings is 1. The summed E-state index contributed by atoms with van der Waals surface area (Å²) in [6, 6.07) is 13.7. The van der Waals surface area contributed by atoms with Gasteiger partial charge in [-0.3, -0.25) is 4.79 Å². The molecule has 0 saturated carbocycles. The van der Waals surface area contributed by atoms with Crippen molar-refractivity contribution >= 4 is 17.4 Å². The number of nitrogens with two attached hydrogens (primary N) is 1. The van der Waals surface area contributed by atoms with E-state index < -0.39 is 6.09 Å². The monoisotopic (exact) mass is 380 g/mol. The molecule has 4 rings (SSSR count). The van der Waals surface area contributed by atoms with Crippen molar-refractivity contribution in [1.29, 1.82) is 0 Å². The quantitative estimate of drug-likeness (QED) is 0.748. The maximum atomic E-state index is 13.2. The number of aromatic nitrogens is 1. The highest BCUT2D eigenvalue weighted by atomic mass is 32.1. The van der Waals surface area contributed by atoms with Crippen molar-refractivity contribution in [1.82, 2.24) is 4.57 Å². The number of fused-ring (bicyclic) bond motifs is 3. The van der Waals surface area contributed by atoms with Crippen LogP contribution in [-0.2, 0) is 24.1 Å². The van der Waals surface area contributed by atoms with Crippen LogP contribution in [0.15, 0.2) is 52.6 Å². The zero-order valence-corrected chi connectivity index (χ0v) is 15.8. The van der Waals surface area contributed by atoms with Crippen LogP contribution in [0.2, 0.25) is 0 Å². The minimum absolute atomic E-state index is 0.0162. The molecule has 3 heterocycles. The predicted molar refractivity (Wildman–Crippen MR) is 107 cm³/mol. The summed E-state index contributed by atoms with van der Waals surface area (Å²) in [6.45, 7) is 2.46. The number of amides is 1. The number of aryl methyl sites for hydroxylation is 1. The van der Waals surface area contributed by atoms with Crippen molar-refractivity contribution in [3.8, 4) is 21.7 Å². The molecular weight excluding hydrogens is 360 g/mol. The lowest BCUT2D eigenvalue weighted by molar-refractivity contribution is 0.116. The van der Waals surface area contributed by atoms with Gasteiger partial charge in [-0.25, -0.2) is 4.79 Å². The van der Waals surface area contributed by atoms with E-state index in [1.165, 1.54) is 5.56 Å². The SMILES string of the molecule is CC(Cc1cc(-c2ccccc2)c(=O)n2c1-c1sccc1CC2)OC(N)=O. The zero-order chi connectivity index (χ0) is 19.0. The second-order valence-electron chi connectivity index (χ2n) is 6.73. The van der Waals surface area contributed by atoms with Gasteiger partial charge >= 0.3 is 6.09 Å². The van der Waals surface area contributed by atoms with Crippen LogP contribution >= 0.6 is 11.3 Å². The van der Waals surface area contributed by atoms with Crippen molar-refractivity contribution in [2.45, 2.75) is 32.4 Å². The molecule has 6 heteroatoms. The number of ether oxygens (including phenoxy) is 1. The molecule has 27 heavy (non-hydrogen) atoms. The molecule has 2 aromatic heterocycles. The van der Waals surface area contributed by atoms with Gasteiger partial charge in [0.1, 0.15) is 6.10 Å². The summed E-state index contributed by atoms with van der Waals surface area (Å²) in [7, 11) is 0. The van der Waals surface area contributed by atoms with Gasteiger partial charge in [0.2, 0.25) is 0 Å². The van der Waals surface area contributed by atoms with Crippen LogP contribution in [0.4, 0.5) is 4.79 Å². The number of benzene rings is 1. The van der Waals surface area contributed by atoms with Crippen molar-refractivity contribution in [2.75, 3.05) is 0 Å². The Morgan fingerprint density at radius 1 is 1.30 bits per heavy atom. The van der Waals surface area contributed by atoms with Gasteiger partial charge in [0.05, 0.1) is 10.6 Å². The first-order valence-corrected chi connectivity index (χ1v) is 9.77. The van der Waals surface area contributed by atoms with Gasteiger partial charge in [-0.05, 0) is 47.5 Å². The number of hydrogen-bond acceptors (Lipinski definition) is 4. The Morgan fingerprint density at radius 3 is 2.81 bits per heavy atom. The summed E-state index contributed by atoms with van der Waals surface area (Å²) in [5.41, 5.74) is 9.94. The van der Waals surface area contributed by atoms with E-state index in [2.05, 4.69) is 11.4 Å². The molecule has 0 aliphatic carbocycles. The van der Waals surface area contributed by atoms with Gasteiger partial charge in [0.15, 0.2) is 0 Å². The Bertz CT molecular complexity index is 1050.